The Balaban J connectivity index is 4.16. The first-order valence-corrected chi connectivity index (χ1v) is 23.5. The lowest BCUT2D eigenvalue weighted by atomic mass is 10.1. The Hall–Kier alpha value is -1.77. The minimum absolute atomic E-state index is 0.0451. The molecule has 3 N–H and O–H groups in total. The van der Waals surface area contributed by atoms with Gasteiger partial charge in [-0.25, -0.2) is 4.57 Å². The van der Waals surface area contributed by atoms with Gasteiger partial charge in [0.2, 0.25) is 0 Å². The zero-order valence-electron chi connectivity index (χ0n) is 34.7. The van der Waals surface area contributed by atoms with Crippen LogP contribution in [0.2, 0.25) is 0 Å². The molecule has 0 rings (SSSR count). The summed E-state index contributed by atoms with van der Waals surface area (Å²) in [5.41, 5.74) is 5.34. The standard InChI is InChI=1S/C44H82NO8P/c1-3-5-7-9-11-13-15-17-18-19-20-21-22-23-25-26-28-30-32-34-36-43(46)50-40-42(41-52-54(48,49)51-39-38-45)53-44(47)37-35-33-31-29-27-24-16-14-12-10-8-6-4-2/h20-21,24,27,31,33,42H,3-19,22-23,25-26,28-30,32,34-41,45H2,1-2H3,(H,48,49)/b21-20+,27-24+,33-31+. The van der Waals surface area contributed by atoms with E-state index in [9.17, 15) is 19.0 Å². The molecule has 0 heterocycles. The molecule has 0 aromatic rings. The van der Waals surface area contributed by atoms with Crippen molar-refractivity contribution in [3.63, 3.8) is 0 Å². The van der Waals surface area contributed by atoms with Crippen molar-refractivity contribution in [1.29, 1.82) is 0 Å². The number of phosphoric ester groups is 1. The predicted molar refractivity (Wildman–Crippen MR) is 224 cm³/mol. The van der Waals surface area contributed by atoms with Gasteiger partial charge in [0.15, 0.2) is 6.10 Å². The summed E-state index contributed by atoms with van der Waals surface area (Å²) in [6.45, 7) is 3.66. The molecule has 0 amide bonds. The Morgan fingerprint density at radius 3 is 1.50 bits per heavy atom. The molecule has 0 saturated carbocycles. The van der Waals surface area contributed by atoms with E-state index < -0.39 is 32.5 Å². The second-order valence-electron chi connectivity index (χ2n) is 14.6. The van der Waals surface area contributed by atoms with Crippen LogP contribution in [-0.2, 0) is 32.7 Å². The normalized spacial score (nSPS) is 13.6. The fourth-order valence-corrected chi connectivity index (χ4v) is 6.74. The molecule has 0 aliphatic carbocycles. The number of carbonyl (C=O) groups is 2. The third-order valence-corrected chi connectivity index (χ3v) is 10.2. The number of phosphoric acid groups is 1. The van der Waals surface area contributed by atoms with Crippen molar-refractivity contribution in [3.05, 3.63) is 36.5 Å². The van der Waals surface area contributed by atoms with E-state index in [4.69, 9.17) is 24.3 Å². The summed E-state index contributed by atoms with van der Waals surface area (Å²) in [5, 5.41) is 0. The van der Waals surface area contributed by atoms with Gasteiger partial charge in [-0.1, -0.05) is 166 Å². The summed E-state index contributed by atoms with van der Waals surface area (Å²) in [4.78, 5) is 34.8. The second-order valence-corrected chi connectivity index (χ2v) is 16.0. The molecule has 0 radical (unpaired) electrons. The molecule has 0 aromatic heterocycles. The third-order valence-electron chi connectivity index (χ3n) is 9.26. The number of esters is 2. The number of rotatable bonds is 41. The summed E-state index contributed by atoms with van der Waals surface area (Å²) in [7, 11) is -4.39. The molecular weight excluding hydrogens is 701 g/mol. The van der Waals surface area contributed by atoms with Gasteiger partial charge in [-0.2, -0.15) is 0 Å². The third kappa shape index (κ3) is 39.9. The van der Waals surface area contributed by atoms with Gasteiger partial charge in [0, 0.05) is 19.4 Å². The van der Waals surface area contributed by atoms with E-state index in [1.54, 1.807) is 0 Å². The van der Waals surface area contributed by atoms with Crippen LogP contribution in [0.5, 0.6) is 0 Å². The van der Waals surface area contributed by atoms with Crippen LogP contribution in [0.4, 0.5) is 0 Å². The Morgan fingerprint density at radius 1 is 0.556 bits per heavy atom. The van der Waals surface area contributed by atoms with Crippen molar-refractivity contribution in [1.82, 2.24) is 0 Å². The molecule has 0 saturated heterocycles. The van der Waals surface area contributed by atoms with E-state index in [1.807, 2.05) is 12.2 Å². The first-order chi connectivity index (χ1) is 26.3. The van der Waals surface area contributed by atoms with Crippen LogP contribution in [-0.4, -0.2) is 49.3 Å². The molecule has 0 spiro atoms. The topological polar surface area (TPSA) is 134 Å². The number of hydrogen-bond acceptors (Lipinski definition) is 8. The monoisotopic (exact) mass is 784 g/mol. The zero-order chi connectivity index (χ0) is 39.6. The van der Waals surface area contributed by atoms with Gasteiger partial charge in [-0.05, 0) is 57.8 Å². The Bertz CT molecular complexity index is 986. The summed E-state index contributed by atoms with van der Waals surface area (Å²) in [6, 6.07) is 0. The van der Waals surface area contributed by atoms with Gasteiger partial charge in [-0.15, -0.1) is 0 Å². The number of unbranched alkanes of at least 4 members (excludes halogenated alkanes) is 22. The summed E-state index contributed by atoms with van der Waals surface area (Å²) in [5.74, 6) is -0.909. The van der Waals surface area contributed by atoms with Crippen molar-refractivity contribution in [2.24, 2.45) is 5.73 Å². The van der Waals surface area contributed by atoms with Gasteiger partial charge in [0.25, 0.3) is 0 Å². The number of ether oxygens (including phenoxy) is 2. The maximum Gasteiger partial charge on any atom is 0.472 e. The number of allylic oxidation sites excluding steroid dienone is 6. The van der Waals surface area contributed by atoms with Crippen LogP contribution in [0.3, 0.4) is 0 Å². The van der Waals surface area contributed by atoms with Crippen LogP contribution in [0.15, 0.2) is 36.5 Å². The average Bonchev–Trinajstić information content (AvgIpc) is 3.16. The van der Waals surface area contributed by atoms with Crippen LogP contribution >= 0.6 is 7.82 Å². The van der Waals surface area contributed by atoms with Crippen LogP contribution < -0.4 is 5.73 Å². The van der Waals surface area contributed by atoms with E-state index in [1.165, 1.54) is 122 Å². The zero-order valence-corrected chi connectivity index (χ0v) is 35.6. The van der Waals surface area contributed by atoms with Gasteiger partial charge in [0.1, 0.15) is 6.61 Å². The molecule has 2 atom stereocenters. The molecule has 10 heteroatoms. The smallest absolute Gasteiger partial charge is 0.462 e. The van der Waals surface area contributed by atoms with E-state index in [-0.39, 0.29) is 32.6 Å². The Morgan fingerprint density at radius 2 is 1.00 bits per heavy atom. The number of hydrogen-bond donors (Lipinski definition) is 2. The lowest BCUT2D eigenvalue weighted by Gasteiger charge is -2.19. The largest absolute Gasteiger partial charge is 0.472 e. The maximum absolute atomic E-state index is 12.5. The number of nitrogens with two attached hydrogens (primary N) is 1. The molecule has 0 bridgehead atoms. The van der Waals surface area contributed by atoms with Crippen molar-refractivity contribution in [3.8, 4) is 0 Å². The van der Waals surface area contributed by atoms with Gasteiger partial charge in [-0.3, -0.25) is 18.6 Å². The predicted octanol–water partition coefficient (Wildman–Crippen LogP) is 12.6. The quantitative estimate of drug-likeness (QED) is 0.0269. The second kappa shape index (κ2) is 40.9. The fraction of sp³-hybridized carbons (Fsp3) is 0.818. The Kier molecular flexibility index (Phi) is 39.5. The van der Waals surface area contributed by atoms with E-state index >= 15 is 0 Å². The molecule has 0 fully saturated rings. The molecule has 0 aliphatic heterocycles. The lowest BCUT2D eigenvalue weighted by molar-refractivity contribution is -0.161. The molecule has 316 valence electrons. The van der Waals surface area contributed by atoms with Gasteiger partial charge < -0.3 is 20.1 Å². The highest BCUT2D eigenvalue weighted by molar-refractivity contribution is 7.47. The van der Waals surface area contributed by atoms with Crippen molar-refractivity contribution in [2.75, 3.05) is 26.4 Å². The van der Waals surface area contributed by atoms with Crippen LogP contribution in [0, 0.1) is 0 Å². The first-order valence-electron chi connectivity index (χ1n) is 22.0. The molecular formula is C44H82NO8P. The highest BCUT2D eigenvalue weighted by atomic mass is 31.2. The summed E-state index contributed by atoms with van der Waals surface area (Å²) in [6.07, 6.45) is 44.8. The molecule has 0 aromatic carbocycles. The first kappa shape index (κ1) is 52.2. The van der Waals surface area contributed by atoms with Crippen molar-refractivity contribution >= 4 is 19.8 Å². The van der Waals surface area contributed by atoms with Crippen molar-refractivity contribution < 1.29 is 37.6 Å². The average molecular weight is 784 g/mol. The number of carbonyl (C=O) groups excluding carboxylic acids is 2. The molecule has 0 aliphatic rings. The van der Waals surface area contributed by atoms with Gasteiger partial charge >= 0.3 is 19.8 Å². The summed E-state index contributed by atoms with van der Waals surface area (Å²) >= 11 is 0. The maximum atomic E-state index is 12.5. The Labute approximate surface area is 331 Å². The minimum Gasteiger partial charge on any atom is -0.462 e. The highest BCUT2D eigenvalue weighted by Crippen LogP contribution is 2.43. The SMILES string of the molecule is CCCCCCCC/C=C/C/C=C/CCC(=O)OC(COC(=O)CCCCCCCCC/C=C/CCCCCCCCCCC)COP(=O)(O)OCCN. The molecule has 9 nitrogen and oxygen atoms in total. The lowest BCUT2D eigenvalue weighted by Crippen LogP contribution is -2.29. The van der Waals surface area contributed by atoms with Crippen molar-refractivity contribution in [2.45, 2.75) is 206 Å². The van der Waals surface area contributed by atoms with Crippen LogP contribution in [0.25, 0.3) is 0 Å². The van der Waals surface area contributed by atoms with E-state index in [2.05, 4.69) is 38.2 Å². The minimum atomic E-state index is -4.39. The molecule has 54 heavy (non-hydrogen) atoms. The van der Waals surface area contributed by atoms with Crippen LogP contribution in [0.1, 0.15) is 200 Å². The van der Waals surface area contributed by atoms with Gasteiger partial charge in [0.05, 0.1) is 13.2 Å². The summed E-state index contributed by atoms with van der Waals surface area (Å²) < 4.78 is 32.7. The van der Waals surface area contributed by atoms with E-state index in [0.29, 0.717) is 6.42 Å². The molecule has 2 unspecified atom stereocenters. The highest BCUT2D eigenvalue weighted by Gasteiger charge is 2.25. The van der Waals surface area contributed by atoms with E-state index in [0.717, 1.165) is 44.9 Å². The fourth-order valence-electron chi connectivity index (χ4n) is 5.98.